The minimum Gasteiger partial charge on any atom is -0.385 e. The molecule has 5 nitrogen and oxygen atoms in total. The number of aliphatic hydroxyl groups is 1. The highest BCUT2D eigenvalue weighted by molar-refractivity contribution is 7.93. The lowest BCUT2D eigenvalue weighted by molar-refractivity contribution is 0.0167. The van der Waals surface area contributed by atoms with Crippen LogP contribution in [0.5, 0.6) is 0 Å². The first kappa shape index (κ1) is 12.2. The van der Waals surface area contributed by atoms with Crippen LogP contribution >= 0.6 is 0 Å². The highest BCUT2D eigenvalue weighted by atomic mass is 32.2. The van der Waals surface area contributed by atoms with E-state index in [9.17, 15) is 13.5 Å². The van der Waals surface area contributed by atoms with E-state index in [1.807, 2.05) is 20.2 Å². The molecule has 1 N–H and O–H groups in total. The van der Waals surface area contributed by atoms with Crippen LogP contribution in [0, 0.1) is 6.92 Å². The van der Waals surface area contributed by atoms with E-state index in [1.54, 1.807) is 4.68 Å². The highest BCUT2D eigenvalue weighted by Crippen LogP contribution is 2.48. The van der Waals surface area contributed by atoms with Crippen molar-refractivity contribution in [1.29, 1.82) is 0 Å². The molecule has 0 spiro atoms. The molecule has 0 aliphatic carbocycles. The third-order valence-electron chi connectivity index (χ3n) is 4.39. The molecule has 3 rings (SSSR count). The largest absolute Gasteiger partial charge is 0.385 e. The molecule has 2 fully saturated rings. The van der Waals surface area contributed by atoms with Crippen LogP contribution in [-0.2, 0) is 22.5 Å². The third-order valence-corrected chi connectivity index (χ3v) is 7.05. The second-order valence-corrected chi connectivity index (χ2v) is 8.16. The minimum atomic E-state index is -3.00. The lowest BCUT2D eigenvalue weighted by Crippen LogP contribution is -2.43. The summed E-state index contributed by atoms with van der Waals surface area (Å²) in [4.78, 5) is 0. The monoisotopic (exact) mass is 270 g/mol. The van der Waals surface area contributed by atoms with Crippen molar-refractivity contribution in [2.24, 2.45) is 7.05 Å². The van der Waals surface area contributed by atoms with Crippen LogP contribution in [0.4, 0.5) is 0 Å². The van der Waals surface area contributed by atoms with Gasteiger partial charge < -0.3 is 5.11 Å². The van der Waals surface area contributed by atoms with Gasteiger partial charge in [0.05, 0.1) is 21.8 Å². The van der Waals surface area contributed by atoms with E-state index in [-0.39, 0.29) is 10.5 Å². The summed E-state index contributed by atoms with van der Waals surface area (Å²) < 4.78 is 25.8. The molecule has 2 unspecified atom stereocenters. The van der Waals surface area contributed by atoms with Gasteiger partial charge in [-0.2, -0.15) is 5.10 Å². The summed E-state index contributed by atoms with van der Waals surface area (Å²) in [7, 11) is -1.19. The van der Waals surface area contributed by atoms with E-state index in [0.29, 0.717) is 25.7 Å². The lowest BCUT2D eigenvalue weighted by atomic mass is 9.86. The van der Waals surface area contributed by atoms with Gasteiger partial charge in [-0.1, -0.05) is 0 Å². The fraction of sp³-hybridized carbons (Fsp3) is 0.750. The number of aryl methyl sites for hydroxylation is 2. The maximum atomic E-state index is 12.1. The molecule has 2 aliphatic rings. The molecule has 6 heteroatoms. The van der Waals surface area contributed by atoms with Crippen molar-refractivity contribution in [2.45, 2.75) is 48.7 Å². The molecule has 1 aromatic heterocycles. The number of fused-ring (bicyclic) bond motifs is 2. The number of hydrogen-bond donors (Lipinski definition) is 1. The maximum Gasteiger partial charge on any atom is 0.156 e. The van der Waals surface area contributed by atoms with Crippen molar-refractivity contribution in [3.05, 3.63) is 17.5 Å². The molecule has 1 aromatic rings. The van der Waals surface area contributed by atoms with Crippen LogP contribution in [0.15, 0.2) is 6.20 Å². The highest BCUT2D eigenvalue weighted by Gasteiger charge is 2.53. The lowest BCUT2D eigenvalue weighted by Gasteiger charge is -2.36. The van der Waals surface area contributed by atoms with Crippen molar-refractivity contribution in [2.75, 3.05) is 0 Å². The number of hydrogen-bond acceptors (Lipinski definition) is 4. The van der Waals surface area contributed by atoms with Gasteiger partial charge in [-0.15, -0.1) is 0 Å². The number of aromatic nitrogens is 2. The Morgan fingerprint density at radius 3 is 2.39 bits per heavy atom. The van der Waals surface area contributed by atoms with Crippen LogP contribution in [0.25, 0.3) is 0 Å². The Kier molecular flexibility index (Phi) is 2.41. The zero-order chi connectivity index (χ0) is 13.1. The maximum absolute atomic E-state index is 12.1. The first-order chi connectivity index (χ1) is 8.33. The smallest absolute Gasteiger partial charge is 0.156 e. The summed E-state index contributed by atoms with van der Waals surface area (Å²) in [6.07, 6.45) is 3.83. The van der Waals surface area contributed by atoms with Crippen LogP contribution in [0.3, 0.4) is 0 Å². The molecule has 2 atom stereocenters. The first-order valence-corrected chi connectivity index (χ1v) is 7.90. The van der Waals surface area contributed by atoms with Gasteiger partial charge in [0.1, 0.15) is 0 Å². The quantitative estimate of drug-likeness (QED) is 0.813. The number of rotatable bonds is 1. The fourth-order valence-electron chi connectivity index (χ4n) is 3.52. The average molecular weight is 270 g/mol. The van der Waals surface area contributed by atoms with Crippen molar-refractivity contribution < 1.29 is 13.5 Å². The molecule has 3 heterocycles. The molecular weight excluding hydrogens is 252 g/mol. The normalized spacial score (nSPS) is 37.9. The Morgan fingerprint density at radius 1 is 1.39 bits per heavy atom. The second-order valence-electron chi connectivity index (χ2n) is 5.65. The Morgan fingerprint density at radius 2 is 1.94 bits per heavy atom. The Labute approximate surface area is 107 Å². The number of nitrogens with zero attached hydrogens (tertiary/aromatic N) is 2. The molecule has 18 heavy (non-hydrogen) atoms. The molecule has 0 saturated carbocycles. The van der Waals surface area contributed by atoms with Gasteiger partial charge in [0, 0.05) is 18.8 Å². The van der Waals surface area contributed by atoms with E-state index in [1.165, 1.54) is 0 Å². The number of sulfone groups is 1. The van der Waals surface area contributed by atoms with Crippen molar-refractivity contribution >= 4 is 9.84 Å². The molecule has 100 valence electrons. The SMILES string of the molecule is Cc1nn(C)cc1C1(O)CC2CCC(C1)S2(=O)=O. The second kappa shape index (κ2) is 3.57. The topological polar surface area (TPSA) is 72.2 Å². The molecular formula is C12H18N2O3S. The third kappa shape index (κ3) is 1.55. The zero-order valence-electron chi connectivity index (χ0n) is 10.6. The summed E-state index contributed by atoms with van der Waals surface area (Å²) in [5, 5.41) is 14.3. The van der Waals surface area contributed by atoms with Crippen LogP contribution in [0.2, 0.25) is 0 Å². The van der Waals surface area contributed by atoms with Crippen molar-refractivity contribution in [1.82, 2.24) is 9.78 Å². The molecule has 2 saturated heterocycles. The molecule has 2 bridgehead atoms. The van der Waals surface area contributed by atoms with Gasteiger partial charge in [-0.3, -0.25) is 4.68 Å². The van der Waals surface area contributed by atoms with E-state index in [4.69, 9.17) is 0 Å². The van der Waals surface area contributed by atoms with Crippen molar-refractivity contribution in [3.63, 3.8) is 0 Å². The summed E-state index contributed by atoms with van der Waals surface area (Å²) in [6, 6.07) is 0. The van der Waals surface area contributed by atoms with E-state index in [0.717, 1.165) is 11.3 Å². The summed E-state index contributed by atoms with van der Waals surface area (Å²) in [6.45, 7) is 1.86. The zero-order valence-corrected chi connectivity index (χ0v) is 11.4. The molecule has 0 amide bonds. The average Bonchev–Trinajstić information content (AvgIpc) is 2.65. The van der Waals surface area contributed by atoms with Gasteiger partial charge in [0.15, 0.2) is 9.84 Å². The Hall–Kier alpha value is -0.880. The fourth-order valence-corrected chi connectivity index (χ4v) is 6.01. The van der Waals surface area contributed by atoms with Crippen molar-refractivity contribution in [3.8, 4) is 0 Å². The van der Waals surface area contributed by atoms with E-state index in [2.05, 4.69) is 5.10 Å². The van der Waals surface area contributed by atoms with Crippen LogP contribution in [0.1, 0.15) is 36.9 Å². The van der Waals surface area contributed by atoms with Gasteiger partial charge in [0.2, 0.25) is 0 Å². The minimum absolute atomic E-state index is 0.318. The first-order valence-electron chi connectivity index (χ1n) is 6.29. The van der Waals surface area contributed by atoms with Gasteiger partial charge in [0.25, 0.3) is 0 Å². The summed E-state index contributed by atoms with van der Waals surface area (Å²) >= 11 is 0. The Bertz CT molecular complexity index is 570. The van der Waals surface area contributed by atoms with E-state index >= 15 is 0 Å². The predicted molar refractivity (Wildman–Crippen MR) is 66.8 cm³/mol. The van der Waals surface area contributed by atoms with Gasteiger partial charge in [-0.25, -0.2) is 8.42 Å². The van der Waals surface area contributed by atoms with Gasteiger partial charge >= 0.3 is 0 Å². The standard InChI is InChI=1S/C12H18N2O3S/c1-8-11(7-14(2)13-8)12(15)5-9-3-4-10(6-12)18(9,16)17/h7,9-10,15H,3-6H2,1-2H3. The molecule has 2 aliphatic heterocycles. The molecule has 0 radical (unpaired) electrons. The predicted octanol–water partition coefficient (Wildman–Crippen LogP) is 0.656. The van der Waals surface area contributed by atoms with E-state index < -0.39 is 15.4 Å². The Balaban J connectivity index is 2.02. The summed E-state index contributed by atoms with van der Waals surface area (Å²) in [5.41, 5.74) is 0.561. The van der Waals surface area contributed by atoms with Gasteiger partial charge in [-0.05, 0) is 32.6 Å². The summed E-state index contributed by atoms with van der Waals surface area (Å²) in [5.74, 6) is 0. The molecule has 0 aromatic carbocycles. The van der Waals surface area contributed by atoms with Crippen LogP contribution in [-0.4, -0.2) is 33.8 Å². The van der Waals surface area contributed by atoms with Crippen LogP contribution < -0.4 is 0 Å².